The first-order chi connectivity index (χ1) is 70.3. The first-order valence-corrected chi connectivity index (χ1v) is 47.8. The van der Waals surface area contributed by atoms with Gasteiger partial charge in [-0.3, -0.25) is 0 Å². The minimum Gasteiger partial charge on any atom is -0.307 e. The van der Waals surface area contributed by atoms with E-state index in [4.69, 9.17) is 0 Å². The van der Waals surface area contributed by atoms with Gasteiger partial charge in [-0.25, -0.2) is 35.1 Å². The Morgan fingerprint density at radius 1 is 0.146 bits per heavy atom. The second kappa shape index (κ2) is 37.6. The van der Waals surface area contributed by atoms with Gasteiger partial charge >= 0.3 is 0 Å². The molecular formula is C132H88F8N4. The number of halogens is 8. The molecule has 24 aromatic carbocycles. The summed E-state index contributed by atoms with van der Waals surface area (Å²) in [7, 11) is 0. The zero-order valence-electron chi connectivity index (χ0n) is 78.7. The number of aryl methyl sites for hydroxylation is 4. The summed E-state index contributed by atoms with van der Waals surface area (Å²) in [5.74, 6) is -6.25. The molecule has 144 heavy (non-hydrogen) atoms. The third-order valence-electron chi connectivity index (χ3n) is 27.5. The highest BCUT2D eigenvalue weighted by molar-refractivity contribution is 6.30. The van der Waals surface area contributed by atoms with Gasteiger partial charge in [-0.1, -0.05) is 326 Å². The SMILES string of the molecule is Cc1ccc(-c2cc(-c3ccccc3)cc(N(c3cc(F)ccc3F)c3ccc4ccc5c(N(c6cc(-c7ccccc7)cc(-c7ccc(C)cc7)c6)c6cc(F)ccc6F)ccc6ccc3c4c65)c2)cc1.Cc1ccc(-c2cc(-c3ccccc3)cc(N(c3cccc(F)c3F)c3ccc4ccc5c(N(c6cc(-c7ccccc7)cc(-c7ccc(C)cc7)c6)c6cccc(F)c6F)ccc6ccc3c4c65)c2)cc1. The highest BCUT2D eigenvalue weighted by Crippen LogP contribution is 2.55. The standard InChI is InChI=1S/2C66H44F4N2/c1-41-19-23-45(24-20-41)51-35-49(43-11-5-3-6-12-43)37-53(39-51)71(61-17-9-15-57(67)65(61)69)59-33-29-47-28-32-56-60(34-30-48-27-31-55(59)63(47)64(48)56)72(62-18-10-16-58(68)66(62)70)54-38-50(44-13-7-4-8-14-44)36-52(40-54)46-25-21-42(2)22-26-46;1-41-13-17-45(18-14-41)51-33-49(43-9-5-3-6-10-43)35-55(37-51)71(63-39-53(67)25-29-59(63)69)61-31-23-47-22-28-58-62(32-24-48-21-27-57(61)65(47)66(48)58)72(64-40-54(68)26-30-60(64)70)56-36-50(44-11-7-4-8-12-44)34-52(38-56)46-19-15-42(2)16-20-46/h2*3-40H,1-2H3. The van der Waals surface area contributed by atoms with Crippen LogP contribution in [0.2, 0.25) is 0 Å². The zero-order valence-corrected chi connectivity index (χ0v) is 78.7. The summed E-state index contributed by atoms with van der Waals surface area (Å²) in [5, 5.41) is 10.3. The minimum atomic E-state index is -0.983. The number of anilines is 12. The van der Waals surface area contributed by atoms with Crippen LogP contribution in [0, 0.1) is 74.2 Å². The monoisotopic (exact) mass is 1880 g/mol. The van der Waals surface area contributed by atoms with Crippen LogP contribution in [-0.2, 0) is 0 Å². The summed E-state index contributed by atoms with van der Waals surface area (Å²) in [6, 6.07) is 146. The maximum absolute atomic E-state index is 16.6. The summed E-state index contributed by atoms with van der Waals surface area (Å²) in [5.41, 5.74) is 24.6. The number of nitrogens with zero attached hydrogens (tertiary/aromatic N) is 4. The molecule has 0 aliphatic heterocycles. The first-order valence-electron chi connectivity index (χ1n) is 47.8. The molecule has 0 aliphatic rings. The lowest BCUT2D eigenvalue weighted by Gasteiger charge is -2.30. The molecule has 0 saturated carbocycles. The summed E-state index contributed by atoms with van der Waals surface area (Å²) in [6.07, 6.45) is 0. The van der Waals surface area contributed by atoms with Gasteiger partial charge in [-0.05, 0) is 305 Å². The Labute approximate surface area is 828 Å². The third kappa shape index (κ3) is 17.0. The van der Waals surface area contributed by atoms with Gasteiger partial charge in [0.05, 0.1) is 45.5 Å². The van der Waals surface area contributed by atoms with E-state index in [1.165, 1.54) is 36.4 Å². The molecule has 12 heteroatoms. The number of benzene rings is 24. The zero-order chi connectivity index (χ0) is 98.1. The van der Waals surface area contributed by atoms with Crippen molar-refractivity contribution in [1.29, 1.82) is 0 Å². The quantitative estimate of drug-likeness (QED) is 0.0557. The lowest BCUT2D eigenvalue weighted by atomic mass is 9.91. The number of rotatable bonds is 20. The fourth-order valence-corrected chi connectivity index (χ4v) is 20.4. The van der Waals surface area contributed by atoms with Crippen LogP contribution in [0.1, 0.15) is 22.3 Å². The Balaban J connectivity index is 0.000000159. The molecule has 0 unspecified atom stereocenters. The van der Waals surface area contributed by atoms with Gasteiger partial charge in [0.1, 0.15) is 23.3 Å². The molecule has 0 heterocycles. The smallest absolute Gasteiger partial charge is 0.182 e. The van der Waals surface area contributed by atoms with Gasteiger partial charge in [0.25, 0.3) is 0 Å². The summed E-state index contributed by atoms with van der Waals surface area (Å²) in [6.45, 7) is 8.18. The molecule has 0 fully saturated rings. The molecule has 0 aliphatic carbocycles. The van der Waals surface area contributed by atoms with Crippen molar-refractivity contribution in [3.05, 3.63) is 530 Å². The molecule has 0 bridgehead atoms. The van der Waals surface area contributed by atoms with Gasteiger partial charge in [0.15, 0.2) is 23.3 Å². The molecule has 0 saturated heterocycles. The predicted octanol–water partition coefficient (Wildman–Crippen LogP) is 38.7. The average Bonchev–Trinajstić information content (AvgIpc) is 0.718. The van der Waals surface area contributed by atoms with Crippen molar-refractivity contribution in [1.82, 2.24) is 0 Å². The molecular weight excluding hydrogens is 1790 g/mol. The maximum Gasteiger partial charge on any atom is 0.182 e. The highest BCUT2D eigenvalue weighted by Gasteiger charge is 2.31. The maximum atomic E-state index is 16.6. The molecule has 0 radical (unpaired) electrons. The molecule has 0 aromatic heterocycles. The summed E-state index contributed by atoms with van der Waals surface area (Å²) >= 11 is 0. The van der Waals surface area contributed by atoms with E-state index in [1.807, 2.05) is 314 Å². The summed E-state index contributed by atoms with van der Waals surface area (Å²) in [4.78, 5) is 7.24. The lowest BCUT2D eigenvalue weighted by Crippen LogP contribution is -2.14. The van der Waals surface area contributed by atoms with E-state index in [1.54, 1.807) is 12.1 Å². The Bertz CT molecular complexity index is 8070. The molecule has 4 nitrogen and oxygen atoms in total. The van der Waals surface area contributed by atoms with E-state index in [-0.39, 0.29) is 22.7 Å². The van der Waals surface area contributed by atoms with Crippen LogP contribution < -0.4 is 19.6 Å². The minimum absolute atomic E-state index is 0.0428. The van der Waals surface area contributed by atoms with Crippen LogP contribution >= 0.6 is 0 Å². The average molecular weight is 1880 g/mol. The van der Waals surface area contributed by atoms with Gasteiger partial charge in [-0.15, -0.1) is 0 Å². The first kappa shape index (κ1) is 89.9. The third-order valence-corrected chi connectivity index (χ3v) is 27.5. The van der Waals surface area contributed by atoms with Crippen molar-refractivity contribution in [2.75, 3.05) is 19.6 Å². The second-order valence-corrected chi connectivity index (χ2v) is 36.9. The van der Waals surface area contributed by atoms with Crippen molar-refractivity contribution >= 4 is 133 Å². The van der Waals surface area contributed by atoms with Crippen molar-refractivity contribution in [2.24, 2.45) is 0 Å². The fourth-order valence-electron chi connectivity index (χ4n) is 20.4. The largest absolute Gasteiger partial charge is 0.307 e. The van der Waals surface area contributed by atoms with Crippen LogP contribution in [0.3, 0.4) is 0 Å². The number of hydrogen-bond acceptors (Lipinski definition) is 4. The van der Waals surface area contributed by atoms with Gasteiger partial charge in [0, 0.05) is 56.4 Å². The van der Waals surface area contributed by atoms with Crippen molar-refractivity contribution in [2.45, 2.75) is 27.7 Å². The molecule has 0 atom stereocenters. The predicted molar refractivity (Wildman–Crippen MR) is 581 cm³/mol. The number of hydrogen-bond donors (Lipinski definition) is 0. The topological polar surface area (TPSA) is 13.0 Å². The van der Waals surface area contributed by atoms with Crippen molar-refractivity contribution in [3.8, 4) is 89.0 Å². The lowest BCUT2D eigenvalue weighted by molar-refractivity contribution is 0.510. The van der Waals surface area contributed by atoms with Crippen LogP contribution in [0.25, 0.3) is 154 Å². The van der Waals surface area contributed by atoms with E-state index in [0.717, 1.165) is 200 Å². The van der Waals surface area contributed by atoms with Gasteiger partial charge in [-0.2, -0.15) is 0 Å². The molecule has 0 spiro atoms. The molecule has 0 amide bonds. The molecule has 692 valence electrons. The van der Waals surface area contributed by atoms with Gasteiger partial charge < -0.3 is 19.6 Å². The van der Waals surface area contributed by atoms with Crippen LogP contribution in [-0.4, -0.2) is 0 Å². The molecule has 0 N–H and O–H groups in total. The van der Waals surface area contributed by atoms with E-state index in [2.05, 4.69) is 121 Å². The van der Waals surface area contributed by atoms with Crippen molar-refractivity contribution in [3.63, 3.8) is 0 Å². The normalized spacial score (nSPS) is 11.5. The Hall–Kier alpha value is -18.0. The molecule has 24 aromatic rings. The Kier molecular flexibility index (Phi) is 23.5. The summed E-state index contributed by atoms with van der Waals surface area (Å²) < 4.78 is 129. The van der Waals surface area contributed by atoms with Crippen LogP contribution in [0.5, 0.6) is 0 Å². The van der Waals surface area contributed by atoms with Crippen molar-refractivity contribution < 1.29 is 35.1 Å². The molecule has 24 rings (SSSR count). The second-order valence-electron chi connectivity index (χ2n) is 36.9. The highest BCUT2D eigenvalue weighted by atomic mass is 19.2. The van der Waals surface area contributed by atoms with Crippen LogP contribution in [0.15, 0.2) is 461 Å². The Morgan fingerprint density at radius 2 is 0.361 bits per heavy atom. The van der Waals surface area contributed by atoms with Gasteiger partial charge in [0.2, 0.25) is 0 Å². The van der Waals surface area contributed by atoms with E-state index in [9.17, 15) is 0 Å². The van der Waals surface area contributed by atoms with E-state index >= 15 is 35.1 Å². The fraction of sp³-hybridized carbons (Fsp3) is 0.0303. The van der Waals surface area contributed by atoms with E-state index < -0.39 is 46.5 Å². The van der Waals surface area contributed by atoms with Crippen LogP contribution in [0.4, 0.5) is 103 Å². The Morgan fingerprint density at radius 3 is 0.597 bits per heavy atom. The van der Waals surface area contributed by atoms with E-state index in [0.29, 0.717) is 45.5 Å².